The molecule has 23 heavy (non-hydrogen) atoms. The topological polar surface area (TPSA) is 39.1 Å². The van der Waals surface area contributed by atoms with Gasteiger partial charge in [-0.25, -0.2) is 4.98 Å². The zero-order valence-electron chi connectivity index (χ0n) is 13.2. The summed E-state index contributed by atoms with van der Waals surface area (Å²) in [5, 5.41) is 3.36. The molecule has 3 rings (SSSR count). The highest BCUT2D eigenvalue weighted by atomic mass is 19.4. The van der Waals surface area contributed by atoms with Gasteiger partial charge in [0.2, 0.25) is 0 Å². The lowest BCUT2D eigenvalue weighted by Gasteiger charge is -2.16. The molecular weight excluding hydrogens is 307 g/mol. The minimum Gasteiger partial charge on any atom is -0.377 e. The molecule has 2 aromatic rings. The Morgan fingerprint density at radius 3 is 2.87 bits per heavy atom. The third-order valence-electron chi connectivity index (χ3n) is 4.31. The second kappa shape index (κ2) is 6.13. The number of hydrogen-bond donors (Lipinski definition) is 1. The van der Waals surface area contributed by atoms with E-state index in [9.17, 15) is 13.2 Å². The first-order valence-corrected chi connectivity index (χ1v) is 7.75. The molecule has 0 bridgehead atoms. The molecule has 4 nitrogen and oxygen atoms in total. The van der Waals surface area contributed by atoms with Crippen LogP contribution in [0.15, 0.2) is 18.2 Å². The minimum atomic E-state index is -4.35. The molecule has 0 amide bonds. The summed E-state index contributed by atoms with van der Waals surface area (Å²) in [5.74, 6) is 0.720. The van der Waals surface area contributed by atoms with Crippen molar-refractivity contribution in [2.75, 3.05) is 13.2 Å². The number of imidazole rings is 1. The van der Waals surface area contributed by atoms with E-state index in [1.165, 1.54) is 6.07 Å². The number of nitrogens with zero attached hydrogens (tertiary/aromatic N) is 2. The van der Waals surface area contributed by atoms with E-state index in [2.05, 4.69) is 10.3 Å². The smallest absolute Gasteiger partial charge is 0.377 e. The van der Waals surface area contributed by atoms with Crippen LogP contribution in [0.2, 0.25) is 0 Å². The van der Waals surface area contributed by atoms with Gasteiger partial charge in [-0.1, -0.05) is 0 Å². The van der Waals surface area contributed by atoms with Crippen LogP contribution in [-0.4, -0.2) is 28.8 Å². The fourth-order valence-corrected chi connectivity index (χ4v) is 2.99. The van der Waals surface area contributed by atoms with Crippen molar-refractivity contribution >= 4 is 11.0 Å². The molecule has 1 aromatic carbocycles. The molecule has 7 heteroatoms. The number of benzene rings is 1. The average molecular weight is 327 g/mol. The number of nitrogens with one attached hydrogen (secondary N) is 1. The van der Waals surface area contributed by atoms with Crippen molar-refractivity contribution < 1.29 is 17.9 Å². The van der Waals surface area contributed by atoms with Gasteiger partial charge in [-0.05, 0) is 38.0 Å². The third-order valence-corrected chi connectivity index (χ3v) is 4.31. The van der Waals surface area contributed by atoms with Crippen LogP contribution in [0.1, 0.15) is 37.2 Å². The van der Waals surface area contributed by atoms with Gasteiger partial charge in [-0.2, -0.15) is 13.2 Å². The van der Waals surface area contributed by atoms with E-state index in [1.54, 1.807) is 0 Å². The van der Waals surface area contributed by atoms with Crippen LogP contribution in [0.25, 0.3) is 11.0 Å². The zero-order valence-corrected chi connectivity index (χ0v) is 13.2. The van der Waals surface area contributed by atoms with Gasteiger partial charge in [0, 0.05) is 20.2 Å². The Morgan fingerprint density at radius 2 is 2.22 bits per heavy atom. The molecule has 0 spiro atoms. The molecule has 1 N–H and O–H groups in total. The summed E-state index contributed by atoms with van der Waals surface area (Å²) in [5.41, 5.74) is 0.386. The lowest BCUT2D eigenvalue weighted by molar-refractivity contribution is -0.137. The first kappa shape index (κ1) is 16.3. The fraction of sp³-hybridized carbons (Fsp3) is 0.562. The van der Waals surface area contributed by atoms with Gasteiger partial charge in [0.25, 0.3) is 0 Å². The lowest BCUT2D eigenvalue weighted by atomic mass is 10.2. The SMILES string of the molecule is C[C@@H](NC[C@@H]1CCCO1)c1nc2cc(C(F)(F)F)ccc2n1C. The Hall–Kier alpha value is -1.60. The monoisotopic (exact) mass is 327 g/mol. The van der Waals surface area contributed by atoms with Crippen molar-refractivity contribution in [2.45, 2.75) is 38.1 Å². The summed E-state index contributed by atoms with van der Waals surface area (Å²) in [6, 6.07) is 3.61. The summed E-state index contributed by atoms with van der Waals surface area (Å²) in [4.78, 5) is 4.39. The van der Waals surface area contributed by atoms with Gasteiger partial charge in [0.1, 0.15) is 5.82 Å². The Morgan fingerprint density at radius 1 is 1.43 bits per heavy atom. The molecule has 2 atom stereocenters. The molecule has 1 saturated heterocycles. The number of fused-ring (bicyclic) bond motifs is 1. The first-order chi connectivity index (χ1) is 10.9. The van der Waals surface area contributed by atoms with Gasteiger partial charge in [0.15, 0.2) is 0 Å². The van der Waals surface area contributed by atoms with Crippen LogP contribution >= 0.6 is 0 Å². The van der Waals surface area contributed by atoms with E-state index in [0.717, 1.165) is 44.0 Å². The first-order valence-electron chi connectivity index (χ1n) is 7.75. The van der Waals surface area contributed by atoms with E-state index >= 15 is 0 Å². The number of aryl methyl sites for hydroxylation is 1. The second-order valence-electron chi connectivity index (χ2n) is 6.00. The minimum absolute atomic E-state index is 0.0639. The van der Waals surface area contributed by atoms with Crippen LogP contribution in [0.5, 0.6) is 0 Å². The summed E-state index contributed by atoms with van der Waals surface area (Å²) in [6.45, 7) is 3.48. The quantitative estimate of drug-likeness (QED) is 0.935. The zero-order chi connectivity index (χ0) is 16.6. The van der Waals surface area contributed by atoms with E-state index in [-0.39, 0.29) is 12.1 Å². The van der Waals surface area contributed by atoms with Gasteiger partial charge in [0.05, 0.1) is 28.7 Å². The predicted molar refractivity (Wildman–Crippen MR) is 81.1 cm³/mol. The Balaban J connectivity index is 1.81. The standard InChI is InChI=1S/C16H20F3N3O/c1-10(20-9-12-4-3-7-23-12)15-21-13-8-11(16(17,18)19)5-6-14(13)22(15)2/h5-6,8,10,12,20H,3-4,7,9H2,1-2H3/t10-,12+/m1/s1. The number of aromatic nitrogens is 2. The highest BCUT2D eigenvalue weighted by Crippen LogP contribution is 2.31. The van der Waals surface area contributed by atoms with Crippen molar-refractivity contribution in [3.05, 3.63) is 29.6 Å². The predicted octanol–water partition coefficient (Wildman–Crippen LogP) is 3.42. The number of hydrogen-bond acceptors (Lipinski definition) is 3. The number of rotatable bonds is 4. The maximum absolute atomic E-state index is 12.8. The van der Waals surface area contributed by atoms with Gasteiger partial charge < -0.3 is 14.6 Å². The van der Waals surface area contributed by atoms with Crippen LogP contribution in [0, 0.1) is 0 Å². The van der Waals surface area contributed by atoms with Crippen LogP contribution < -0.4 is 5.32 Å². The van der Waals surface area contributed by atoms with Crippen LogP contribution in [0.3, 0.4) is 0 Å². The molecule has 0 saturated carbocycles. The maximum Gasteiger partial charge on any atom is 0.416 e. The third kappa shape index (κ3) is 3.35. The van der Waals surface area contributed by atoms with Gasteiger partial charge >= 0.3 is 6.18 Å². The van der Waals surface area contributed by atoms with Gasteiger partial charge in [-0.3, -0.25) is 0 Å². The van der Waals surface area contributed by atoms with E-state index < -0.39 is 11.7 Å². The maximum atomic E-state index is 12.8. The van der Waals surface area contributed by atoms with Crippen molar-refractivity contribution in [3.63, 3.8) is 0 Å². The molecule has 0 unspecified atom stereocenters. The second-order valence-corrected chi connectivity index (χ2v) is 6.00. The molecule has 1 aliphatic heterocycles. The Bertz CT molecular complexity index is 690. The van der Waals surface area contributed by atoms with Crippen molar-refractivity contribution in [1.82, 2.24) is 14.9 Å². The molecule has 0 aliphatic carbocycles. The van der Waals surface area contributed by atoms with E-state index in [1.807, 2.05) is 18.5 Å². The largest absolute Gasteiger partial charge is 0.416 e. The summed E-state index contributed by atoms with van der Waals surface area (Å²) in [6.07, 6.45) is -2.02. The van der Waals surface area contributed by atoms with Crippen molar-refractivity contribution in [3.8, 4) is 0 Å². The van der Waals surface area contributed by atoms with Crippen molar-refractivity contribution in [2.24, 2.45) is 7.05 Å². The molecule has 1 aliphatic rings. The van der Waals surface area contributed by atoms with Crippen molar-refractivity contribution in [1.29, 1.82) is 0 Å². The molecule has 0 radical (unpaired) electrons. The molecule has 1 fully saturated rings. The Kier molecular flexibility index (Phi) is 4.33. The number of ether oxygens (including phenoxy) is 1. The molecule has 1 aromatic heterocycles. The highest BCUT2D eigenvalue weighted by Gasteiger charge is 2.31. The van der Waals surface area contributed by atoms with Crippen LogP contribution in [-0.2, 0) is 18.0 Å². The van der Waals surface area contributed by atoms with Gasteiger partial charge in [-0.15, -0.1) is 0 Å². The highest BCUT2D eigenvalue weighted by molar-refractivity contribution is 5.77. The Labute approximate surface area is 132 Å². The average Bonchev–Trinajstić information content (AvgIpc) is 3.12. The molecule has 2 heterocycles. The normalized spacial score (nSPS) is 20.3. The fourth-order valence-electron chi connectivity index (χ4n) is 2.99. The van der Waals surface area contributed by atoms with Crippen LogP contribution in [0.4, 0.5) is 13.2 Å². The number of alkyl halides is 3. The van der Waals surface area contributed by atoms with E-state index in [4.69, 9.17) is 4.74 Å². The lowest BCUT2D eigenvalue weighted by Crippen LogP contribution is -2.29. The summed E-state index contributed by atoms with van der Waals surface area (Å²) >= 11 is 0. The summed E-state index contributed by atoms with van der Waals surface area (Å²) < 4.78 is 45.8. The number of halogens is 3. The molecular formula is C16H20F3N3O. The summed E-state index contributed by atoms with van der Waals surface area (Å²) in [7, 11) is 1.82. The van der Waals surface area contributed by atoms with E-state index in [0.29, 0.717) is 11.0 Å². The molecule has 126 valence electrons.